The van der Waals surface area contributed by atoms with Crippen LogP contribution in [0.1, 0.15) is 23.2 Å². The van der Waals surface area contributed by atoms with E-state index < -0.39 is 4.92 Å². The molecule has 1 aliphatic carbocycles. The molecule has 0 unspecified atom stereocenters. The van der Waals surface area contributed by atoms with Crippen LogP contribution < -0.4 is 5.32 Å². The first-order valence-electron chi connectivity index (χ1n) is 6.41. The fourth-order valence-electron chi connectivity index (χ4n) is 1.94. The third-order valence-corrected chi connectivity index (χ3v) is 3.64. The Hall–Kier alpha value is -1.66. The summed E-state index contributed by atoms with van der Waals surface area (Å²) in [5, 5.41) is 13.5. The monoisotopic (exact) mass is 297 g/mol. The molecule has 1 aromatic rings. The second-order valence-corrected chi connectivity index (χ2v) is 5.30. The number of likely N-dealkylation sites (N-methyl/N-ethyl adjacent to an activating group) is 1. The number of nitro groups is 1. The molecule has 1 fully saturated rings. The summed E-state index contributed by atoms with van der Waals surface area (Å²) >= 11 is 5.70. The van der Waals surface area contributed by atoms with Gasteiger partial charge in [0.15, 0.2) is 0 Å². The highest BCUT2D eigenvalue weighted by Crippen LogP contribution is 2.25. The van der Waals surface area contributed by atoms with Crippen molar-refractivity contribution in [3.63, 3.8) is 0 Å². The van der Waals surface area contributed by atoms with Gasteiger partial charge in [-0.15, -0.1) is 0 Å². The Labute approximate surface area is 121 Å². The van der Waals surface area contributed by atoms with Gasteiger partial charge >= 0.3 is 0 Å². The standard InChI is InChI=1S/C13H16ClN3O3/c1-16(10-3-4-10)7-6-15-13(18)9-2-5-11(14)12(8-9)17(19)20/h2,5,8,10H,3-4,6-7H2,1H3,(H,15,18). The maximum Gasteiger partial charge on any atom is 0.288 e. The fourth-order valence-corrected chi connectivity index (χ4v) is 2.13. The molecule has 0 aliphatic heterocycles. The molecule has 1 N–H and O–H groups in total. The van der Waals surface area contributed by atoms with Crippen LogP contribution in [0, 0.1) is 10.1 Å². The minimum atomic E-state index is -0.597. The molecular formula is C13H16ClN3O3. The summed E-state index contributed by atoms with van der Waals surface area (Å²) in [6.45, 7) is 1.29. The lowest BCUT2D eigenvalue weighted by Gasteiger charge is -2.15. The Bertz CT molecular complexity index is 532. The molecule has 0 radical (unpaired) electrons. The Morgan fingerprint density at radius 3 is 2.85 bits per heavy atom. The van der Waals surface area contributed by atoms with Gasteiger partial charge in [-0.1, -0.05) is 11.6 Å². The average Bonchev–Trinajstić information content (AvgIpc) is 3.22. The Morgan fingerprint density at radius 2 is 2.25 bits per heavy atom. The van der Waals surface area contributed by atoms with Gasteiger partial charge in [0.25, 0.3) is 11.6 Å². The lowest BCUT2D eigenvalue weighted by Crippen LogP contribution is -2.33. The van der Waals surface area contributed by atoms with Crippen molar-refractivity contribution >= 4 is 23.2 Å². The zero-order chi connectivity index (χ0) is 14.7. The molecule has 2 rings (SSSR count). The SMILES string of the molecule is CN(CCNC(=O)c1ccc(Cl)c([N+](=O)[O-])c1)C1CC1. The summed E-state index contributed by atoms with van der Waals surface area (Å²) in [7, 11) is 2.02. The average molecular weight is 298 g/mol. The fraction of sp³-hybridized carbons (Fsp3) is 0.462. The number of carbonyl (C=O) groups excluding carboxylic acids is 1. The predicted octanol–water partition coefficient (Wildman–Crippen LogP) is 2.07. The predicted molar refractivity (Wildman–Crippen MR) is 76.1 cm³/mol. The number of benzene rings is 1. The van der Waals surface area contributed by atoms with E-state index in [0.717, 1.165) is 6.54 Å². The normalized spacial score (nSPS) is 14.3. The largest absolute Gasteiger partial charge is 0.351 e. The van der Waals surface area contributed by atoms with E-state index in [2.05, 4.69) is 10.2 Å². The van der Waals surface area contributed by atoms with Crippen LogP contribution in [0.5, 0.6) is 0 Å². The van der Waals surface area contributed by atoms with Crippen LogP contribution in [0.4, 0.5) is 5.69 Å². The molecule has 1 aromatic carbocycles. The molecule has 0 aromatic heterocycles. The smallest absolute Gasteiger partial charge is 0.288 e. The first-order chi connectivity index (χ1) is 9.49. The number of nitrogens with one attached hydrogen (secondary N) is 1. The second-order valence-electron chi connectivity index (χ2n) is 4.89. The third-order valence-electron chi connectivity index (χ3n) is 3.33. The van der Waals surface area contributed by atoms with Crippen LogP contribution in [0.15, 0.2) is 18.2 Å². The molecule has 0 heterocycles. The van der Waals surface area contributed by atoms with E-state index in [9.17, 15) is 14.9 Å². The van der Waals surface area contributed by atoms with E-state index in [1.54, 1.807) is 0 Å². The zero-order valence-electron chi connectivity index (χ0n) is 11.1. The molecule has 1 aliphatic rings. The quantitative estimate of drug-likeness (QED) is 0.644. The summed E-state index contributed by atoms with van der Waals surface area (Å²) in [6.07, 6.45) is 2.43. The van der Waals surface area contributed by atoms with E-state index in [4.69, 9.17) is 11.6 Å². The summed E-state index contributed by atoms with van der Waals surface area (Å²) in [4.78, 5) is 24.3. The van der Waals surface area contributed by atoms with Crippen LogP contribution >= 0.6 is 11.6 Å². The van der Waals surface area contributed by atoms with Crippen molar-refractivity contribution in [2.45, 2.75) is 18.9 Å². The highest BCUT2D eigenvalue weighted by atomic mass is 35.5. The van der Waals surface area contributed by atoms with Gasteiger partial charge in [-0.25, -0.2) is 0 Å². The highest BCUT2D eigenvalue weighted by Gasteiger charge is 2.25. The molecule has 6 nitrogen and oxygen atoms in total. The summed E-state index contributed by atoms with van der Waals surface area (Å²) in [5.41, 5.74) is -0.00964. The molecule has 1 saturated carbocycles. The van der Waals surface area contributed by atoms with E-state index in [1.807, 2.05) is 7.05 Å². The number of hydrogen-bond donors (Lipinski definition) is 1. The van der Waals surface area contributed by atoms with Crippen molar-refractivity contribution in [1.82, 2.24) is 10.2 Å². The lowest BCUT2D eigenvalue weighted by atomic mass is 10.2. The van der Waals surface area contributed by atoms with Crippen LogP contribution in [-0.4, -0.2) is 41.9 Å². The Morgan fingerprint density at radius 1 is 1.55 bits per heavy atom. The van der Waals surface area contributed by atoms with Crippen LogP contribution in [0.25, 0.3) is 0 Å². The van der Waals surface area contributed by atoms with Gasteiger partial charge in [0.05, 0.1) is 4.92 Å². The number of nitro benzene ring substituents is 1. The van der Waals surface area contributed by atoms with Gasteiger partial charge in [0.2, 0.25) is 0 Å². The second kappa shape index (κ2) is 6.19. The van der Waals surface area contributed by atoms with Crippen LogP contribution in [0.2, 0.25) is 5.02 Å². The number of amides is 1. The van der Waals surface area contributed by atoms with Gasteiger partial charge in [-0.3, -0.25) is 14.9 Å². The van der Waals surface area contributed by atoms with Crippen molar-refractivity contribution in [2.75, 3.05) is 20.1 Å². The van der Waals surface area contributed by atoms with Crippen molar-refractivity contribution < 1.29 is 9.72 Å². The van der Waals surface area contributed by atoms with Crippen molar-refractivity contribution in [1.29, 1.82) is 0 Å². The number of rotatable bonds is 6. The molecule has 0 atom stereocenters. The van der Waals surface area contributed by atoms with Crippen molar-refractivity contribution in [3.8, 4) is 0 Å². The highest BCUT2D eigenvalue weighted by molar-refractivity contribution is 6.32. The molecule has 0 spiro atoms. The van der Waals surface area contributed by atoms with Gasteiger partial charge in [0.1, 0.15) is 5.02 Å². The van der Waals surface area contributed by atoms with E-state index >= 15 is 0 Å². The van der Waals surface area contributed by atoms with E-state index in [1.165, 1.54) is 31.0 Å². The molecule has 20 heavy (non-hydrogen) atoms. The minimum absolute atomic E-state index is 0.0278. The third kappa shape index (κ3) is 3.68. The van der Waals surface area contributed by atoms with Crippen LogP contribution in [-0.2, 0) is 0 Å². The molecule has 1 amide bonds. The van der Waals surface area contributed by atoms with Gasteiger partial charge in [-0.05, 0) is 32.0 Å². The Balaban J connectivity index is 1.91. The summed E-state index contributed by atoms with van der Waals surface area (Å²) in [5.74, 6) is -0.325. The maximum absolute atomic E-state index is 11.9. The maximum atomic E-state index is 11.9. The van der Waals surface area contributed by atoms with Gasteiger partial charge in [0, 0.05) is 30.8 Å². The van der Waals surface area contributed by atoms with Crippen molar-refractivity contribution in [2.24, 2.45) is 0 Å². The zero-order valence-corrected chi connectivity index (χ0v) is 11.9. The Kier molecular flexibility index (Phi) is 4.57. The van der Waals surface area contributed by atoms with Crippen molar-refractivity contribution in [3.05, 3.63) is 38.9 Å². The van der Waals surface area contributed by atoms with E-state index in [0.29, 0.717) is 12.6 Å². The number of halogens is 1. The first-order valence-corrected chi connectivity index (χ1v) is 6.79. The lowest BCUT2D eigenvalue weighted by molar-refractivity contribution is -0.384. The first kappa shape index (κ1) is 14.7. The molecule has 0 bridgehead atoms. The minimum Gasteiger partial charge on any atom is -0.351 e. The number of hydrogen-bond acceptors (Lipinski definition) is 4. The van der Waals surface area contributed by atoms with Crippen LogP contribution in [0.3, 0.4) is 0 Å². The van der Waals surface area contributed by atoms with Gasteiger partial charge in [-0.2, -0.15) is 0 Å². The molecular weight excluding hydrogens is 282 g/mol. The summed E-state index contributed by atoms with van der Waals surface area (Å²) < 4.78 is 0. The molecule has 7 heteroatoms. The van der Waals surface area contributed by atoms with Gasteiger partial charge < -0.3 is 10.2 Å². The topological polar surface area (TPSA) is 75.5 Å². The van der Waals surface area contributed by atoms with E-state index in [-0.39, 0.29) is 22.2 Å². The summed E-state index contributed by atoms with van der Waals surface area (Å²) in [6, 6.07) is 4.69. The number of carbonyl (C=O) groups is 1. The number of nitrogens with zero attached hydrogens (tertiary/aromatic N) is 2. The molecule has 0 saturated heterocycles. The molecule has 108 valence electrons.